The van der Waals surface area contributed by atoms with Crippen LogP contribution < -0.4 is 10.6 Å². The number of guanidine groups is 1. The van der Waals surface area contributed by atoms with Crippen LogP contribution in [0, 0.1) is 11.7 Å². The number of nitrogens with zero attached hydrogens (tertiary/aromatic N) is 1. The van der Waals surface area contributed by atoms with Gasteiger partial charge in [0.1, 0.15) is 5.82 Å². The average molecular weight is 386 g/mol. The van der Waals surface area contributed by atoms with Crippen LogP contribution in [-0.2, 0) is 15.9 Å². The Morgan fingerprint density at radius 1 is 1.42 bits per heavy atom. The summed E-state index contributed by atoms with van der Waals surface area (Å²) in [6, 6.07) is 4.49. The molecule has 0 saturated carbocycles. The molecule has 7 heteroatoms. The highest BCUT2D eigenvalue weighted by molar-refractivity contribution is 6.31. The number of hydrogen-bond donors (Lipinski definition) is 2. The molecule has 1 saturated heterocycles. The van der Waals surface area contributed by atoms with Gasteiger partial charge in [-0.25, -0.2) is 4.39 Å². The summed E-state index contributed by atoms with van der Waals surface area (Å²) >= 11 is 6.05. The number of rotatable bonds is 10. The summed E-state index contributed by atoms with van der Waals surface area (Å²) in [5, 5.41) is 6.95. The average Bonchev–Trinajstić information content (AvgIpc) is 3.13. The van der Waals surface area contributed by atoms with Gasteiger partial charge in [0.15, 0.2) is 5.96 Å². The first kappa shape index (κ1) is 20.9. The molecular formula is C19H29ClFN3O2. The molecular weight excluding hydrogens is 357 g/mol. The van der Waals surface area contributed by atoms with Crippen molar-refractivity contribution in [3.05, 3.63) is 34.6 Å². The fourth-order valence-electron chi connectivity index (χ4n) is 2.70. The number of hydrogen-bond acceptors (Lipinski definition) is 3. The third-order valence-electron chi connectivity index (χ3n) is 4.14. The second kappa shape index (κ2) is 12.1. The van der Waals surface area contributed by atoms with E-state index in [2.05, 4.69) is 15.6 Å². The number of nitrogens with one attached hydrogen (secondary N) is 2. The molecule has 26 heavy (non-hydrogen) atoms. The second-order valence-corrected chi connectivity index (χ2v) is 6.74. The number of aliphatic imine (C=N–C) groups is 1. The van der Waals surface area contributed by atoms with E-state index >= 15 is 0 Å². The lowest BCUT2D eigenvalue weighted by Crippen LogP contribution is -2.38. The van der Waals surface area contributed by atoms with Gasteiger partial charge < -0.3 is 20.1 Å². The van der Waals surface area contributed by atoms with Crippen molar-refractivity contribution >= 4 is 17.6 Å². The van der Waals surface area contributed by atoms with Gasteiger partial charge in [-0.05, 0) is 43.9 Å². The van der Waals surface area contributed by atoms with Crippen LogP contribution in [0.15, 0.2) is 23.2 Å². The Labute approximate surface area is 160 Å². The van der Waals surface area contributed by atoms with Gasteiger partial charge in [0.25, 0.3) is 0 Å². The molecule has 0 amide bonds. The van der Waals surface area contributed by atoms with Crippen molar-refractivity contribution in [1.29, 1.82) is 0 Å². The minimum Gasteiger partial charge on any atom is -0.381 e. The van der Waals surface area contributed by atoms with E-state index < -0.39 is 0 Å². The van der Waals surface area contributed by atoms with E-state index in [4.69, 9.17) is 21.1 Å². The van der Waals surface area contributed by atoms with Crippen molar-refractivity contribution in [3.8, 4) is 0 Å². The van der Waals surface area contributed by atoms with Gasteiger partial charge >= 0.3 is 0 Å². The van der Waals surface area contributed by atoms with Gasteiger partial charge in [0.05, 0.1) is 13.2 Å². The van der Waals surface area contributed by atoms with Gasteiger partial charge in [0, 0.05) is 43.8 Å². The Kier molecular flexibility index (Phi) is 9.74. The zero-order valence-corrected chi connectivity index (χ0v) is 16.2. The first-order valence-corrected chi connectivity index (χ1v) is 9.68. The van der Waals surface area contributed by atoms with Crippen molar-refractivity contribution in [2.45, 2.75) is 26.2 Å². The Hall–Kier alpha value is -1.37. The van der Waals surface area contributed by atoms with Crippen LogP contribution in [0.1, 0.15) is 25.3 Å². The summed E-state index contributed by atoms with van der Waals surface area (Å²) in [7, 11) is 0. The van der Waals surface area contributed by atoms with E-state index in [9.17, 15) is 4.39 Å². The lowest BCUT2D eigenvalue weighted by Gasteiger charge is -2.12. The number of halogens is 2. The van der Waals surface area contributed by atoms with Crippen LogP contribution in [-0.4, -0.2) is 52.0 Å². The maximum Gasteiger partial charge on any atom is 0.191 e. The maximum absolute atomic E-state index is 13.1. The highest BCUT2D eigenvalue weighted by Crippen LogP contribution is 2.17. The highest BCUT2D eigenvalue weighted by atomic mass is 35.5. The summed E-state index contributed by atoms with van der Waals surface area (Å²) < 4.78 is 24.1. The minimum absolute atomic E-state index is 0.315. The summed E-state index contributed by atoms with van der Waals surface area (Å²) in [6.45, 7) is 7.38. The zero-order valence-electron chi connectivity index (χ0n) is 15.4. The van der Waals surface area contributed by atoms with Crippen molar-refractivity contribution in [3.63, 3.8) is 0 Å². The Balaban J connectivity index is 1.63. The number of ether oxygens (including phenoxy) is 2. The molecule has 1 aliphatic heterocycles. The van der Waals surface area contributed by atoms with E-state index in [1.54, 1.807) is 6.07 Å². The van der Waals surface area contributed by atoms with Crippen LogP contribution in [0.5, 0.6) is 0 Å². The Bertz CT molecular complexity index is 566. The SMILES string of the molecule is CCNC(=NCCCOCC1CCOC1)NCCc1ccc(F)cc1Cl. The lowest BCUT2D eigenvalue weighted by molar-refractivity contribution is 0.0893. The van der Waals surface area contributed by atoms with E-state index in [0.717, 1.165) is 50.7 Å². The summed E-state index contributed by atoms with van der Waals surface area (Å²) in [5.74, 6) is 1.01. The van der Waals surface area contributed by atoms with Crippen molar-refractivity contribution in [2.24, 2.45) is 10.9 Å². The summed E-state index contributed by atoms with van der Waals surface area (Å²) in [6.07, 6.45) is 2.69. The predicted molar refractivity (Wildman–Crippen MR) is 103 cm³/mol. The maximum atomic E-state index is 13.1. The molecule has 146 valence electrons. The van der Waals surface area contributed by atoms with Gasteiger partial charge in [-0.2, -0.15) is 0 Å². The molecule has 1 fully saturated rings. The molecule has 0 aromatic heterocycles. The molecule has 5 nitrogen and oxygen atoms in total. The topological polar surface area (TPSA) is 54.9 Å². The van der Waals surface area contributed by atoms with Crippen LogP contribution in [0.4, 0.5) is 4.39 Å². The normalized spacial score (nSPS) is 17.5. The first-order chi connectivity index (χ1) is 12.7. The molecule has 1 aromatic rings. The van der Waals surface area contributed by atoms with Gasteiger partial charge in [0.2, 0.25) is 0 Å². The second-order valence-electron chi connectivity index (χ2n) is 6.33. The van der Waals surface area contributed by atoms with Crippen LogP contribution in [0.25, 0.3) is 0 Å². The zero-order chi connectivity index (χ0) is 18.6. The third-order valence-corrected chi connectivity index (χ3v) is 4.49. The minimum atomic E-state index is -0.315. The van der Waals surface area contributed by atoms with Gasteiger partial charge in [-0.1, -0.05) is 17.7 Å². The van der Waals surface area contributed by atoms with Crippen molar-refractivity contribution in [2.75, 3.05) is 46.1 Å². The first-order valence-electron chi connectivity index (χ1n) is 9.30. The number of benzene rings is 1. The molecule has 1 heterocycles. The van der Waals surface area contributed by atoms with Gasteiger partial charge in [-0.3, -0.25) is 4.99 Å². The van der Waals surface area contributed by atoms with E-state index in [1.807, 2.05) is 6.92 Å². The molecule has 0 spiro atoms. The van der Waals surface area contributed by atoms with Crippen molar-refractivity contribution < 1.29 is 13.9 Å². The third kappa shape index (κ3) is 7.89. The van der Waals surface area contributed by atoms with Crippen LogP contribution in [0.2, 0.25) is 5.02 Å². The predicted octanol–water partition coefficient (Wildman–Crippen LogP) is 3.02. The quantitative estimate of drug-likeness (QED) is 0.369. The van der Waals surface area contributed by atoms with E-state index in [1.165, 1.54) is 12.1 Å². The Morgan fingerprint density at radius 3 is 3.04 bits per heavy atom. The lowest BCUT2D eigenvalue weighted by atomic mass is 10.1. The molecule has 1 aromatic carbocycles. The van der Waals surface area contributed by atoms with Gasteiger partial charge in [-0.15, -0.1) is 0 Å². The molecule has 0 radical (unpaired) electrons. The summed E-state index contributed by atoms with van der Waals surface area (Å²) in [5.41, 5.74) is 0.917. The molecule has 1 unspecified atom stereocenters. The standard InChI is InChI=1S/C19H29ClFN3O2/c1-2-22-19(23-8-3-10-25-13-15-7-11-26-14-15)24-9-6-16-4-5-17(21)12-18(16)20/h4-5,12,15H,2-3,6-11,13-14H2,1H3,(H2,22,23,24). The fourth-order valence-corrected chi connectivity index (χ4v) is 2.97. The Morgan fingerprint density at radius 2 is 2.31 bits per heavy atom. The largest absolute Gasteiger partial charge is 0.381 e. The van der Waals surface area contributed by atoms with Crippen molar-refractivity contribution in [1.82, 2.24) is 10.6 Å². The monoisotopic (exact) mass is 385 g/mol. The molecule has 1 atom stereocenters. The molecule has 2 rings (SSSR count). The fraction of sp³-hybridized carbons (Fsp3) is 0.632. The summed E-state index contributed by atoms with van der Waals surface area (Å²) in [4.78, 5) is 4.55. The van der Waals surface area contributed by atoms with E-state index in [0.29, 0.717) is 37.1 Å². The molecule has 0 bridgehead atoms. The molecule has 2 N–H and O–H groups in total. The van der Waals surface area contributed by atoms with Crippen LogP contribution in [0.3, 0.4) is 0 Å². The van der Waals surface area contributed by atoms with Crippen LogP contribution >= 0.6 is 11.6 Å². The highest BCUT2D eigenvalue weighted by Gasteiger charge is 2.15. The molecule has 1 aliphatic rings. The molecule has 0 aliphatic carbocycles. The smallest absolute Gasteiger partial charge is 0.191 e. The van der Waals surface area contributed by atoms with E-state index in [-0.39, 0.29) is 5.82 Å².